The molecule has 0 aliphatic carbocycles. The number of methoxy groups -OCH3 is 2. The van der Waals surface area contributed by atoms with Gasteiger partial charge >= 0.3 is 0 Å². The predicted octanol–water partition coefficient (Wildman–Crippen LogP) is 2.28. The first-order valence-electron chi connectivity index (χ1n) is 7.73. The molecule has 5 N–H and O–H groups in total. The maximum atomic E-state index is 12.0. The van der Waals surface area contributed by atoms with Crippen molar-refractivity contribution >= 4 is 17.9 Å². The zero-order valence-electron chi connectivity index (χ0n) is 14.8. The third-order valence-electron chi connectivity index (χ3n) is 3.65. The number of hydrogen-bond donors (Lipinski definition) is 3. The van der Waals surface area contributed by atoms with E-state index >= 15 is 0 Å². The number of phenolic OH excluding ortho intramolecular Hbond substituents is 1. The number of phenols is 1. The predicted molar refractivity (Wildman–Crippen MR) is 101 cm³/mol. The molecule has 0 radical (unpaired) electrons. The third-order valence-corrected chi connectivity index (χ3v) is 3.65. The van der Waals surface area contributed by atoms with Gasteiger partial charge in [-0.1, -0.05) is 12.1 Å². The van der Waals surface area contributed by atoms with Crippen LogP contribution in [-0.2, 0) is 4.79 Å². The van der Waals surface area contributed by atoms with Crippen molar-refractivity contribution in [1.82, 2.24) is 0 Å². The smallest absolute Gasteiger partial charge is 0.275 e. The number of hydrogen-bond acceptors (Lipinski definition) is 4. The van der Waals surface area contributed by atoms with Gasteiger partial charge in [0.1, 0.15) is 5.75 Å². The van der Waals surface area contributed by atoms with Crippen LogP contribution in [0.15, 0.2) is 47.0 Å². The maximum Gasteiger partial charge on any atom is 0.275 e. The minimum atomic E-state index is -0.540. The summed E-state index contributed by atoms with van der Waals surface area (Å²) >= 11 is 0. The Morgan fingerprint density at radius 2 is 1.77 bits per heavy atom. The molecule has 2 aromatic rings. The van der Waals surface area contributed by atoms with Crippen LogP contribution in [0.2, 0.25) is 0 Å². The van der Waals surface area contributed by atoms with Crippen molar-refractivity contribution in [2.24, 2.45) is 16.5 Å². The lowest BCUT2D eigenvalue weighted by Crippen LogP contribution is -2.24. The van der Waals surface area contributed by atoms with E-state index in [1.165, 1.54) is 14.2 Å². The number of carbonyl (C=O) groups excluding carboxylic acids is 1. The van der Waals surface area contributed by atoms with E-state index < -0.39 is 5.91 Å². The quantitative estimate of drug-likeness (QED) is 0.430. The van der Waals surface area contributed by atoms with E-state index in [1.54, 1.807) is 43.3 Å². The lowest BCUT2D eigenvalue weighted by Gasteiger charge is -2.14. The van der Waals surface area contributed by atoms with E-state index in [9.17, 15) is 9.90 Å². The van der Waals surface area contributed by atoms with Gasteiger partial charge in [0.15, 0.2) is 17.5 Å². The number of carbonyl (C=O) groups is 1. The second-order valence-electron chi connectivity index (χ2n) is 5.51. The van der Waals surface area contributed by atoms with Gasteiger partial charge in [0.2, 0.25) is 0 Å². The van der Waals surface area contributed by atoms with Crippen LogP contribution in [0.5, 0.6) is 17.2 Å². The maximum absolute atomic E-state index is 12.0. The number of guanidine groups is 1. The fourth-order valence-corrected chi connectivity index (χ4v) is 2.44. The molecule has 7 nitrogen and oxygen atoms in total. The van der Waals surface area contributed by atoms with Crippen LogP contribution in [0.25, 0.3) is 17.2 Å². The Labute approximate surface area is 151 Å². The molecule has 2 rings (SSSR count). The van der Waals surface area contributed by atoms with E-state index in [0.29, 0.717) is 22.6 Å². The fraction of sp³-hybridized carbons (Fsp3) is 0.158. The number of ether oxygens (including phenoxy) is 2. The molecular weight excluding hydrogens is 334 g/mol. The zero-order valence-corrected chi connectivity index (χ0v) is 14.8. The van der Waals surface area contributed by atoms with Crippen molar-refractivity contribution in [2.45, 2.75) is 6.92 Å². The Bertz CT molecular complexity index is 884. The summed E-state index contributed by atoms with van der Waals surface area (Å²) < 4.78 is 10.7. The Morgan fingerprint density at radius 3 is 2.35 bits per heavy atom. The van der Waals surface area contributed by atoms with Crippen LogP contribution in [0.1, 0.15) is 12.5 Å². The van der Waals surface area contributed by atoms with Crippen LogP contribution in [-0.4, -0.2) is 31.2 Å². The molecule has 0 heterocycles. The number of benzene rings is 2. The Hall–Kier alpha value is -3.48. The van der Waals surface area contributed by atoms with E-state index in [2.05, 4.69) is 4.99 Å². The van der Waals surface area contributed by atoms with Gasteiger partial charge in [-0.3, -0.25) is 4.79 Å². The Kier molecular flexibility index (Phi) is 5.85. The van der Waals surface area contributed by atoms with Crippen LogP contribution < -0.4 is 20.9 Å². The van der Waals surface area contributed by atoms with E-state index in [-0.39, 0.29) is 11.7 Å². The van der Waals surface area contributed by atoms with Gasteiger partial charge in [0, 0.05) is 5.57 Å². The average Bonchev–Trinajstić information content (AvgIpc) is 2.60. The summed E-state index contributed by atoms with van der Waals surface area (Å²) in [7, 11) is 3.06. The molecule has 2 aromatic carbocycles. The molecule has 0 aliphatic rings. The normalized spacial score (nSPS) is 11.0. The van der Waals surface area contributed by atoms with Crippen LogP contribution in [0, 0.1) is 0 Å². The third kappa shape index (κ3) is 4.32. The van der Waals surface area contributed by atoms with Crippen LogP contribution in [0.3, 0.4) is 0 Å². The van der Waals surface area contributed by atoms with E-state index in [4.69, 9.17) is 20.9 Å². The molecule has 0 aliphatic heterocycles. The van der Waals surface area contributed by atoms with Gasteiger partial charge in [-0.05, 0) is 54.0 Å². The van der Waals surface area contributed by atoms with E-state index in [1.807, 2.05) is 6.07 Å². The highest BCUT2D eigenvalue weighted by Crippen LogP contribution is 2.37. The number of aliphatic imine (C=N–C) groups is 1. The molecule has 7 heteroatoms. The number of nitrogens with zero attached hydrogens (tertiary/aromatic N) is 1. The first kappa shape index (κ1) is 18.9. The molecule has 0 aromatic heterocycles. The van der Waals surface area contributed by atoms with Crippen LogP contribution in [0.4, 0.5) is 0 Å². The highest BCUT2D eigenvalue weighted by Gasteiger charge is 2.13. The average molecular weight is 355 g/mol. The molecule has 0 atom stereocenters. The molecule has 26 heavy (non-hydrogen) atoms. The van der Waals surface area contributed by atoms with Gasteiger partial charge in [0.05, 0.1) is 14.2 Å². The first-order chi connectivity index (χ1) is 12.3. The van der Waals surface area contributed by atoms with E-state index in [0.717, 1.165) is 11.1 Å². The monoisotopic (exact) mass is 355 g/mol. The van der Waals surface area contributed by atoms with Crippen molar-refractivity contribution in [3.05, 3.63) is 47.5 Å². The standard InChI is InChI=1S/C19H21N3O4/c1-11(18(24)22-19(20)21)7-13-9-16(25-2)17(26-3)10-15(13)12-5-4-6-14(23)8-12/h4-10,23H,1-3H3,(H4,20,21,22,24)/b11-7+. The Balaban J connectivity index is 2.66. The molecule has 0 saturated heterocycles. The van der Waals surface area contributed by atoms with Gasteiger partial charge in [-0.2, -0.15) is 4.99 Å². The molecular formula is C19H21N3O4. The molecule has 0 saturated carbocycles. The fourth-order valence-electron chi connectivity index (χ4n) is 2.44. The summed E-state index contributed by atoms with van der Waals surface area (Å²) in [5.41, 5.74) is 13.0. The SMILES string of the molecule is COc1cc(/C=C(\C)C(=O)N=C(N)N)c(-c2cccc(O)c2)cc1OC. The molecule has 1 amide bonds. The number of amides is 1. The van der Waals surface area contributed by atoms with Crippen molar-refractivity contribution in [3.8, 4) is 28.4 Å². The molecule has 0 spiro atoms. The lowest BCUT2D eigenvalue weighted by molar-refractivity contribution is -0.114. The van der Waals surface area contributed by atoms with Gasteiger partial charge in [-0.15, -0.1) is 0 Å². The first-order valence-corrected chi connectivity index (χ1v) is 7.73. The molecule has 136 valence electrons. The summed E-state index contributed by atoms with van der Waals surface area (Å²) in [6.07, 6.45) is 1.65. The number of rotatable bonds is 5. The van der Waals surface area contributed by atoms with Crippen molar-refractivity contribution < 1.29 is 19.4 Å². The Morgan fingerprint density at radius 1 is 1.12 bits per heavy atom. The summed E-state index contributed by atoms with van der Waals surface area (Å²) in [5.74, 6) is 0.311. The number of aromatic hydroxyl groups is 1. The summed E-state index contributed by atoms with van der Waals surface area (Å²) in [5, 5.41) is 9.79. The molecule has 0 bridgehead atoms. The molecule has 0 fully saturated rings. The van der Waals surface area contributed by atoms with Crippen molar-refractivity contribution in [2.75, 3.05) is 14.2 Å². The second-order valence-corrected chi connectivity index (χ2v) is 5.51. The topological polar surface area (TPSA) is 120 Å². The second kappa shape index (κ2) is 8.06. The summed E-state index contributed by atoms with van der Waals surface area (Å²) in [4.78, 5) is 15.6. The largest absolute Gasteiger partial charge is 0.508 e. The lowest BCUT2D eigenvalue weighted by atomic mass is 9.97. The number of nitrogens with two attached hydrogens (primary N) is 2. The highest BCUT2D eigenvalue weighted by molar-refractivity contribution is 6.04. The summed E-state index contributed by atoms with van der Waals surface area (Å²) in [6, 6.07) is 10.3. The summed E-state index contributed by atoms with van der Waals surface area (Å²) in [6.45, 7) is 1.61. The van der Waals surface area contributed by atoms with Crippen LogP contribution >= 0.6 is 0 Å². The minimum Gasteiger partial charge on any atom is -0.508 e. The van der Waals surface area contributed by atoms with Crippen molar-refractivity contribution in [1.29, 1.82) is 0 Å². The zero-order chi connectivity index (χ0) is 19.3. The van der Waals surface area contributed by atoms with Crippen molar-refractivity contribution in [3.63, 3.8) is 0 Å². The van der Waals surface area contributed by atoms with Gasteiger partial charge in [0.25, 0.3) is 5.91 Å². The molecule has 0 unspecified atom stereocenters. The van der Waals surface area contributed by atoms with Gasteiger partial charge < -0.3 is 26.0 Å². The highest BCUT2D eigenvalue weighted by atomic mass is 16.5. The minimum absolute atomic E-state index is 0.125. The van der Waals surface area contributed by atoms with Gasteiger partial charge in [-0.25, -0.2) is 0 Å².